The Bertz CT molecular complexity index is 504. The van der Waals surface area contributed by atoms with Crippen LogP contribution in [-0.4, -0.2) is 17.2 Å². The van der Waals surface area contributed by atoms with Gasteiger partial charge in [0.25, 0.3) is 0 Å². The van der Waals surface area contributed by atoms with Gasteiger partial charge in [0.15, 0.2) is 0 Å². The first kappa shape index (κ1) is 18.3. The van der Waals surface area contributed by atoms with Crippen molar-refractivity contribution < 1.29 is 18.3 Å². The summed E-state index contributed by atoms with van der Waals surface area (Å²) < 4.78 is 38.8. The molecule has 0 aliphatic heterocycles. The molecule has 4 N–H and O–H groups in total. The lowest BCUT2D eigenvalue weighted by Crippen LogP contribution is -2.40. The molecule has 3 nitrogen and oxygen atoms in total. The zero-order valence-electron chi connectivity index (χ0n) is 12.2. The lowest BCUT2D eigenvalue weighted by molar-refractivity contribution is -0.137. The molecule has 7 heteroatoms. The molecule has 0 aliphatic carbocycles. The third-order valence-electron chi connectivity index (χ3n) is 3.50. The number of benzene rings is 1. The summed E-state index contributed by atoms with van der Waals surface area (Å²) in [6.07, 6.45) is -4.77. The van der Waals surface area contributed by atoms with Crippen LogP contribution in [0.3, 0.4) is 0 Å². The highest BCUT2D eigenvalue weighted by Crippen LogP contribution is 2.39. The maximum atomic E-state index is 12.9. The smallest absolute Gasteiger partial charge is 0.397 e. The van der Waals surface area contributed by atoms with Crippen molar-refractivity contribution in [3.63, 3.8) is 0 Å². The summed E-state index contributed by atoms with van der Waals surface area (Å²) in [4.78, 5) is 0. The van der Waals surface area contributed by atoms with Gasteiger partial charge in [-0.3, -0.25) is 0 Å². The van der Waals surface area contributed by atoms with Crippen LogP contribution in [0.5, 0.6) is 0 Å². The second-order valence-electron chi connectivity index (χ2n) is 5.60. The predicted octanol–water partition coefficient (Wildman–Crippen LogP) is 3.86. The molecule has 0 bridgehead atoms. The number of hydrogen-bond acceptors (Lipinski definition) is 3. The highest BCUT2D eigenvalue weighted by atomic mass is 79.9. The van der Waals surface area contributed by atoms with Crippen LogP contribution in [0.25, 0.3) is 0 Å². The first-order valence-corrected chi connectivity index (χ1v) is 7.36. The van der Waals surface area contributed by atoms with Gasteiger partial charge >= 0.3 is 6.18 Å². The Morgan fingerprint density at radius 3 is 2.38 bits per heavy atom. The van der Waals surface area contributed by atoms with Gasteiger partial charge in [-0.25, -0.2) is 0 Å². The number of nitrogen functional groups attached to an aromatic ring is 1. The molecule has 1 atom stereocenters. The van der Waals surface area contributed by atoms with E-state index in [9.17, 15) is 18.3 Å². The van der Waals surface area contributed by atoms with Crippen molar-refractivity contribution in [2.75, 3.05) is 12.3 Å². The number of hydrogen-bond donors (Lipinski definition) is 3. The van der Waals surface area contributed by atoms with Gasteiger partial charge in [0.05, 0.1) is 17.4 Å². The molecule has 0 fully saturated rings. The van der Waals surface area contributed by atoms with E-state index in [1.165, 1.54) is 6.07 Å². The molecule has 0 radical (unpaired) electrons. The van der Waals surface area contributed by atoms with Crippen LogP contribution >= 0.6 is 15.9 Å². The van der Waals surface area contributed by atoms with Crippen LogP contribution in [0.4, 0.5) is 18.9 Å². The van der Waals surface area contributed by atoms with E-state index in [4.69, 9.17) is 5.73 Å². The van der Waals surface area contributed by atoms with Gasteiger partial charge in [0, 0.05) is 16.6 Å². The fraction of sp³-hybridized carbons (Fsp3) is 0.571. The number of aliphatic hydroxyl groups is 1. The highest BCUT2D eigenvalue weighted by Gasteiger charge is 2.34. The van der Waals surface area contributed by atoms with Crippen LogP contribution < -0.4 is 11.1 Å². The van der Waals surface area contributed by atoms with Gasteiger partial charge in [-0.1, -0.05) is 6.92 Å². The number of rotatable bonds is 5. The molecule has 1 aromatic rings. The molecular weight excluding hydrogens is 349 g/mol. The molecular formula is C14H20BrF3N2O. The van der Waals surface area contributed by atoms with Crippen molar-refractivity contribution in [1.29, 1.82) is 0 Å². The molecule has 0 amide bonds. The van der Waals surface area contributed by atoms with Crippen molar-refractivity contribution in [1.82, 2.24) is 5.32 Å². The zero-order chi connectivity index (χ0) is 16.4. The SMILES string of the molecule is CCC(C)(C)NCC(O)c1cc(Br)c(N)c(C(F)(F)F)c1. The predicted molar refractivity (Wildman–Crippen MR) is 80.9 cm³/mol. The Balaban J connectivity index is 3.01. The molecule has 120 valence electrons. The third kappa shape index (κ3) is 4.86. The number of alkyl halides is 3. The Kier molecular flexibility index (Phi) is 5.69. The fourth-order valence-electron chi connectivity index (χ4n) is 1.68. The fourth-order valence-corrected chi connectivity index (χ4v) is 2.16. The number of aliphatic hydroxyl groups excluding tert-OH is 1. The van der Waals surface area contributed by atoms with Crippen LogP contribution in [-0.2, 0) is 6.18 Å². The van der Waals surface area contributed by atoms with E-state index in [0.717, 1.165) is 12.5 Å². The van der Waals surface area contributed by atoms with Crippen molar-refractivity contribution in [2.45, 2.75) is 45.0 Å². The minimum atomic E-state index is -4.56. The van der Waals surface area contributed by atoms with Crippen molar-refractivity contribution >= 4 is 21.6 Å². The number of halogens is 4. The van der Waals surface area contributed by atoms with E-state index >= 15 is 0 Å². The summed E-state index contributed by atoms with van der Waals surface area (Å²) in [7, 11) is 0. The summed E-state index contributed by atoms with van der Waals surface area (Å²) >= 11 is 3.01. The third-order valence-corrected chi connectivity index (χ3v) is 4.16. The Morgan fingerprint density at radius 1 is 1.33 bits per heavy atom. The summed E-state index contributed by atoms with van der Waals surface area (Å²) in [5, 5.41) is 13.2. The monoisotopic (exact) mass is 368 g/mol. The standard InChI is InChI=1S/C14H20BrF3N2O/c1-4-13(2,3)20-7-11(21)8-5-9(14(16,17)18)12(19)10(15)6-8/h5-6,11,20-21H,4,7,19H2,1-3H3. The number of nitrogens with one attached hydrogen (secondary N) is 1. The van der Waals surface area contributed by atoms with Crippen LogP contribution in [0.15, 0.2) is 16.6 Å². The second-order valence-corrected chi connectivity index (χ2v) is 6.45. The minimum Gasteiger partial charge on any atom is -0.397 e. The van der Waals surface area contributed by atoms with Crippen LogP contribution in [0.1, 0.15) is 44.4 Å². The average molecular weight is 369 g/mol. The van der Waals surface area contributed by atoms with Crippen LogP contribution in [0.2, 0.25) is 0 Å². The maximum Gasteiger partial charge on any atom is 0.418 e. The van der Waals surface area contributed by atoms with Gasteiger partial charge in [0.1, 0.15) is 0 Å². The number of nitrogens with two attached hydrogens (primary N) is 1. The zero-order valence-corrected chi connectivity index (χ0v) is 13.8. The molecule has 1 unspecified atom stereocenters. The lowest BCUT2D eigenvalue weighted by Gasteiger charge is -2.26. The lowest BCUT2D eigenvalue weighted by atomic mass is 10.00. The molecule has 0 spiro atoms. The van der Waals surface area contributed by atoms with Crippen molar-refractivity contribution in [2.24, 2.45) is 0 Å². The Labute approximate surface area is 130 Å². The van der Waals surface area contributed by atoms with Crippen molar-refractivity contribution in [3.05, 3.63) is 27.7 Å². The first-order valence-electron chi connectivity index (χ1n) is 6.57. The van der Waals surface area contributed by atoms with E-state index < -0.39 is 17.8 Å². The van der Waals surface area contributed by atoms with E-state index in [2.05, 4.69) is 21.2 Å². The largest absolute Gasteiger partial charge is 0.418 e. The number of anilines is 1. The van der Waals surface area contributed by atoms with E-state index in [1.54, 1.807) is 0 Å². The average Bonchev–Trinajstić information content (AvgIpc) is 2.37. The Morgan fingerprint density at radius 2 is 1.90 bits per heavy atom. The molecule has 21 heavy (non-hydrogen) atoms. The van der Waals surface area contributed by atoms with E-state index in [-0.39, 0.29) is 27.8 Å². The normalized spacial score (nSPS) is 14.3. The summed E-state index contributed by atoms with van der Waals surface area (Å²) in [6, 6.07) is 2.31. The maximum absolute atomic E-state index is 12.9. The summed E-state index contributed by atoms with van der Waals surface area (Å²) in [6.45, 7) is 6.06. The van der Waals surface area contributed by atoms with Gasteiger partial charge in [-0.05, 0) is 53.9 Å². The number of β-amino-alcohol motifs (C(OH)–C–C–N with tert-alkyl or cyclic N) is 1. The van der Waals surface area contributed by atoms with Gasteiger partial charge in [-0.2, -0.15) is 13.2 Å². The minimum absolute atomic E-state index is 0.126. The molecule has 1 aromatic carbocycles. The molecule has 0 heterocycles. The van der Waals surface area contributed by atoms with Gasteiger partial charge < -0.3 is 16.2 Å². The molecule has 0 aliphatic rings. The first-order chi connectivity index (χ1) is 9.48. The quantitative estimate of drug-likeness (QED) is 0.691. The molecule has 0 saturated heterocycles. The topological polar surface area (TPSA) is 58.3 Å². The van der Waals surface area contributed by atoms with E-state index in [0.29, 0.717) is 0 Å². The van der Waals surface area contributed by atoms with Crippen LogP contribution in [0, 0.1) is 0 Å². The van der Waals surface area contributed by atoms with Crippen molar-refractivity contribution in [3.8, 4) is 0 Å². The van der Waals surface area contributed by atoms with Gasteiger partial charge in [-0.15, -0.1) is 0 Å². The second kappa shape index (κ2) is 6.54. The van der Waals surface area contributed by atoms with E-state index in [1.807, 2.05) is 20.8 Å². The highest BCUT2D eigenvalue weighted by molar-refractivity contribution is 9.10. The Hall–Kier alpha value is -0.790. The summed E-state index contributed by atoms with van der Waals surface area (Å²) in [5.41, 5.74) is 4.09. The summed E-state index contributed by atoms with van der Waals surface area (Å²) in [5.74, 6) is 0. The van der Waals surface area contributed by atoms with Gasteiger partial charge in [0.2, 0.25) is 0 Å². The molecule has 1 rings (SSSR count). The molecule has 0 aromatic heterocycles. The molecule has 0 saturated carbocycles.